The fourth-order valence-electron chi connectivity index (χ4n) is 4.34. The maximum absolute atomic E-state index is 13.5. The quantitative estimate of drug-likeness (QED) is 0.616. The molecule has 2 aliphatic heterocycles. The van der Waals surface area contributed by atoms with E-state index in [2.05, 4.69) is 0 Å². The first-order valence-corrected chi connectivity index (χ1v) is 10.1. The molecule has 3 aromatic rings. The molecule has 5 heteroatoms. The minimum atomic E-state index is -0.843. The van der Waals surface area contributed by atoms with Crippen LogP contribution in [0.5, 0.6) is 0 Å². The largest absolute Gasteiger partial charge is 0.273 e. The molecule has 150 valence electrons. The van der Waals surface area contributed by atoms with Crippen molar-refractivity contribution in [2.45, 2.75) is 26.0 Å². The number of rotatable bonds is 3. The number of imide groups is 1. The lowest BCUT2D eigenvalue weighted by atomic mass is 9.90. The molecule has 3 aromatic carbocycles. The summed E-state index contributed by atoms with van der Waals surface area (Å²) in [5.41, 5.74) is 4.49. The number of fused-ring (bicyclic) bond motifs is 1. The van der Waals surface area contributed by atoms with Crippen molar-refractivity contribution in [1.29, 1.82) is 0 Å². The summed E-state index contributed by atoms with van der Waals surface area (Å²) in [7, 11) is 0. The lowest BCUT2D eigenvalue weighted by Crippen LogP contribution is -2.37. The lowest BCUT2D eigenvalue weighted by Gasteiger charge is -2.28. The van der Waals surface area contributed by atoms with E-state index in [4.69, 9.17) is 4.84 Å². The van der Waals surface area contributed by atoms with E-state index >= 15 is 0 Å². The first-order chi connectivity index (χ1) is 14.5. The van der Waals surface area contributed by atoms with Crippen LogP contribution in [0.15, 0.2) is 78.9 Å². The van der Waals surface area contributed by atoms with Gasteiger partial charge in [-0.3, -0.25) is 14.4 Å². The van der Waals surface area contributed by atoms with Crippen molar-refractivity contribution >= 4 is 23.2 Å². The standard InChI is InChI=1S/C25H22N2O3/c1-16-11-13-18(14-12-16)22-21-23(30-27(22)19-8-4-3-5-9-19)25(29)26(24(21)28)20-10-6-7-17(2)15-20/h3-15,21-23H,1-2H3/t21-,22-,23-/m1/s1. The molecule has 2 aliphatic rings. The summed E-state index contributed by atoms with van der Waals surface area (Å²) in [6.07, 6.45) is -0.843. The summed E-state index contributed by atoms with van der Waals surface area (Å²) in [6.45, 7) is 3.97. The van der Waals surface area contributed by atoms with E-state index in [0.29, 0.717) is 5.69 Å². The maximum atomic E-state index is 13.5. The third-order valence-corrected chi connectivity index (χ3v) is 5.80. The summed E-state index contributed by atoms with van der Waals surface area (Å²) < 4.78 is 0. The second-order valence-electron chi connectivity index (χ2n) is 7.92. The van der Waals surface area contributed by atoms with Gasteiger partial charge in [0.25, 0.3) is 5.91 Å². The second-order valence-corrected chi connectivity index (χ2v) is 7.92. The monoisotopic (exact) mass is 398 g/mol. The Morgan fingerprint density at radius 3 is 2.13 bits per heavy atom. The van der Waals surface area contributed by atoms with E-state index in [1.807, 2.05) is 86.6 Å². The van der Waals surface area contributed by atoms with Crippen molar-refractivity contribution in [3.05, 3.63) is 95.6 Å². The number of hydroxylamine groups is 1. The molecule has 0 aliphatic carbocycles. The Labute approximate surface area is 175 Å². The molecule has 3 atom stereocenters. The number of nitrogens with zero attached hydrogens (tertiary/aromatic N) is 2. The predicted molar refractivity (Wildman–Crippen MR) is 115 cm³/mol. The number of hydrogen-bond donors (Lipinski definition) is 0. The van der Waals surface area contributed by atoms with Crippen LogP contribution in [0.3, 0.4) is 0 Å². The van der Waals surface area contributed by atoms with Crippen molar-refractivity contribution in [3.63, 3.8) is 0 Å². The van der Waals surface area contributed by atoms with Crippen LogP contribution in [0.1, 0.15) is 22.7 Å². The van der Waals surface area contributed by atoms with Gasteiger partial charge in [-0.25, -0.2) is 9.96 Å². The zero-order valence-corrected chi connectivity index (χ0v) is 16.9. The molecule has 0 aromatic heterocycles. The zero-order chi connectivity index (χ0) is 20.8. The summed E-state index contributed by atoms with van der Waals surface area (Å²) in [6, 6.07) is 24.7. The smallest absolute Gasteiger partial charge is 0.266 e. The van der Waals surface area contributed by atoms with E-state index in [0.717, 1.165) is 22.4 Å². The van der Waals surface area contributed by atoms with Crippen LogP contribution in [-0.4, -0.2) is 17.9 Å². The Morgan fingerprint density at radius 2 is 1.43 bits per heavy atom. The normalized spacial score (nSPS) is 23.2. The fourth-order valence-corrected chi connectivity index (χ4v) is 4.34. The topological polar surface area (TPSA) is 49.9 Å². The van der Waals surface area contributed by atoms with Crippen LogP contribution < -0.4 is 9.96 Å². The molecule has 2 heterocycles. The molecule has 0 unspecified atom stereocenters. The molecular formula is C25H22N2O3. The maximum Gasteiger partial charge on any atom is 0.266 e. The molecule has 0 spiro atoms. The highest BCUT2D eigenvalue weighted by Gasteiger charge is 2.60. The summed E-state index contributed by atoms with van der Waals surface area (Å²) in [5.74, 6) is -1.15. The molecule has 0 N–H and O–H groups in total. The highest BCUT2D eigenvalue weighted by Crippen LogP contribution is 2.47. The molecular weight excluding hydrogens is 376 g/mol. The van der Waals surface area contributed by atoms with E-state index < -0.39 is 12.0 Å². The molecule has 0 radical (unpaired) electrons. The van der Waals surface area contributed by atoms with Crippen LogP contribution in [-0.2, 0) is 14.4 Å². The van der Waals surface area contributed by atoms with Gasteiger partial charge >= 0.3 is 0 Å². The molecule has 30 heavy (non-hydrogen) atoms. The number of carbonyl (C=O) groups is 2. The van der Waals surface area contributed by atoms with Crippen LogP contribution in [0.4, 0.5) is 11.4 Å². The van der Waals surface area contributed by atoms with Crippen LogP contribution in [0, 0.1) is 19.8 Å². The Balaban J connectivity index is 1.59. The fraction of sp³-hybridized carbons (Fsp3) is 0.200. The number of benzene rings is 3. The molecule has 2 fully saturated rings. The van der Waals surface area contributed by atoms with Crippen LogP contribution in [0.25, 0.3) is 0 Å². The first-order valence-electron chi connectivity index (χ1n) is 10.1. The van der Waals surface area contributed by atoms with Crippen LogP contribution in [0.2, 0.25) is 0 Å². The average molecular weight is 398 g/mol. The van der Waals surface area contributed by atoms with Gasteiger partial charge in [-0.1, -0.05) is 60.2 Å². The van der Waals surface area contributed by atoms with E-state index in [1.54, 1.807) is 11.1 Å². The number of hydrogen-bond acceptors (Lipinski definition) is 4. The van der Waals surface area contributed by atoms with Crippen molar-refractivity contribution in [3.8, 4) is 0 Å². The minimum Gasteiger partial charge on any atom is -0.273 e. The predicted octanol–water partition coefficient (Wildman–Crippen LogP) is 4.35. The Bertz CT molecular complexity index is 1110. The number of anilines is 2. The number of amides is 2. The summed E-state index contributed by atoms with van der Waals surface area (Å²) >= 11 is 0. The molecule has 0 bridgehead atoms. The third kappa shape index (κ3) is 2.90. The van der Waals surface area contributed by atoms with E-state index in [1.165, 1.54) is 4.90 Å². The average Bonchev–Trinajstić information content (AvgIpc) is 3.26. The number of aryl methyl sites for hydroxylation is 2. The summed E-state index contributed by atoms with van der Waals surface area (Å²) in [5, 5.41) is 1.73. The van der Waals surface area contributed by atoms with Gasteiger partial charge in [0.1, 0.15) is 5.92 Å². The van der Waals surface area contributed by atoms with Gasteiger partial charge in [-0.15, -0.1) is 0 Å². The number of carbonyl (C=O) groups excluding carboxylic acids is 2. The van der Waals surface area contributed by atoms with Gasteiger partial charge in [0.05, 0.1) is 17.4 Å². The van der Waals surface area contributed by atoms with Crippen molar-refractivity contribution in [2.24, 2.45) is 5.92 Å². The highest BCUT2D eigenvalue weighted by molar-refractivity contribution is 6.23. The molecule has 5 rings (SSSR count). The molecule has 2 saturated heterocycles. The lowest BCUT2D eigenvalue weighted by molar-refractivity contribution is -0.126. The van der Waals surface area contributed by atoms with Gasteiger partial charge in [0, 0.05) is 0 Å². The molecule has 0 saturated carbocycles. The third-order valence-electron chi connectivity index (χ3n) is 5.80. The van der Waals surface area contributed by atoms with E-state index in [9.17, 15) is 9.59 Å². The SMILES string of the molecule is Cc1ccc([C@@H]2[C@H]3C(=O)N(c4cccc(C)c4)C(=O)[C@@H]3ON2c2ccccc2)cc1. The zero-order valence-electron chi connectivity index (χ0n) is 16.9. The Kier molecular flexibility index (Phi) is 4.40. The van der Waals surface area contributed by atoms with Gasteiger partial charge in [0.15, 0.2) is 6.10 Å². The minimum absolute atomic E-state index is 0.223. The summed E-state index contributed by atoms with van der Waals surface area (Å²) in [4.78, 5) is 34.2. The first kappa shape index (κ1) is 18.6. The Morgan fingerprint density at radius 1 is 0.733 bits per heavy atom. The second kappa shape index (κ2) is 7.11. The van der Waals surface area contributed by atoms with Gasteiger partial charge < -0.3 is 0 Å². The van der Waals surface area contributed by atoms with Crippen molar-refractivity contribution in [1.82, 2.24) is 0 Å². The molecule has 5 nitrogen and oxygen atoms in total. The van der Waals surface area contributed by atoms with Gasteiger partial charge in [-0.05, 0) is 49.2 Å². The van der Waals surface area contributed by atoms with Crippen molar-refractivity contribution < 1.29 is 14.4 Å². The molecule has 2 amide bonds. The highest BCUT2D eigenvalue weighted by atomic mass is 16.7. The van der Waals surface area contributed by atoms with Crippen LogP contribution >= 0.6 is 0 Å². The van der Waals surface area contributed by atoms with Gasteiger partial charge in [0.2, 0.25) is 5.91 Å². The van der Waals surface area contributed by atoms with E-state index in [-0.39, 0.29) is 17.9 Å². The van der Waals surface area contributed by atoms with Crippen molar-refractivity contribution in [2.75, 3.05) is 9.96 Å². The number of para-hydroxylation sites is 1. The van der Waals surface area contributed by atoms with Gasteiger partial charge in [-0.2, -0.15) is 0 Å². The Hall–Kier alpha value is -3.44.